The number of hydrogen-bond donors (Lipinski definition) is 2. The zero-order chi connectivity index (χ0) is 25.3. The van der Waals surface area contributed by atoms with Crippen LogP contribution in [-0.4, -0.2) is 36.7 Å². The molecule has 1 aliphatic rings. The Morgan fingerprint density at radius 3 is 2.51 bits per heavy atom. The molecule has 2 heterocycles. The van der Waals surface area contributed by atoms with Gasteiger partial charge in [-0.1, -0.05) is 37.0 Å². The second-order valence-corrected chi connectivity index (χ2v) is 11.4. The molecule has 14 heteroatoms. The van der Waals surface area contributed by atoms with Gasteiger partial charge in [-0.2, -0.15) is 4.37 Å². The topological polar surface area (TPSA) is 102 Å². The summed E-state index contributed by atoms with van der Waals surface area (Å²) in [6, 6.07) is 5.40. The van der Waals surface area contributed by atoms with E-state index in [1.807, 2.05) is 18.6 Å². The van der Waals surface area contributed by atoms with E-state index in [4.69, 9.17) is 32.7 Å². The van der Waals surface area contributed by atoms with Gasteiger partial charge in [-0.3, -0.25) is 10.0 Å². The monoisotopic (exact) mass is 564 g/mol. The van der Waals surface area contributed by atoms with Crippen molar-refractivity contribution in [3.05, 3.63) is 63.9 Å². The molecule has 3 aromatic rings. The van der Waals surface area contributed by atoms with Crippen LogP contribution in [0.5, 0.6) is 5.75 Å². The molecule has 2 aromatic carbocycles. The number of aromatic nitrogens is 2. The van der Waals surface area contributed by atoms with E-state index < -0.39 is 44.6 Å². The van der Waals surface area contributed by atoms with Gasteiger partial charge in [-0.25, -0.2) is 22.2 Å². The summed E-state index contributed by atoms with van der Waals surface area (Å²) in [5, 5.41) is 4.07. The van der Waals surface area contributed by atoms with Crippen molar-refractivity contribution in [3.63, 3.8) is 0 Å². The quantitative estimate of drug-likeness (QED) is 0.415. The molecule has 3 atom stereocenters. The van der Waals surface area contributed by atoms with Crippen LogP contribution >= 0.6 is 34.7 Å². The molecule has 0 spiro atoms. The van der Waals surface area contributed by atoms with Crippen LogP contribution in [-0.2, 0) is 14.8 Å². The molecule has 1 aliphatic heterocycles. The van der Waals surface area contributed by atoms with Gasteiger partial charge in [0, 0.05) is 39.8 Å². The van der Waals surface area contributed by atoms with Crippen molar-refractivity contribution in [2.45, 2.75) is 37.1 Å². The zero-order valence-corrected chi connectivity index (χ0v) is 21.5. The van der Waals surface area contributed by atoms with Gasteiger partial charge in [-0.15, -0.1) is 0 Å². The molecule has 8 nitrogen and oxygen atoms in total. The van der Waals surface area contributed by atoms with Crippen LogP contribution in [0.1, 0.15) is 25.5 Å². The Labute approximate surface area is 214 Å². The molecule has 0 saturated carbocycles. The SMILES string of the molecule is CC(C)C1COC(Oc2cc(F)c(S(=O)(=O)Nc3ncns3)cc2F)C(c2cc(Cl)cc(Cl)c2)N1. The Hall–Kier alpha value is -2.09. The van der Waals surface area contributed by atoms with Crippen LogP contribution in [0, 0.1) is 17.6 Å². The molecular weight excluding hydrogens is 545 g/mol. The maximum absolute atomic E-state index is 14.9. The van der Waals surface area contributed by atoms with E-state index in [-0.39, 0.29) is 23.7 Å². The highest BCUT2D eigenvalue weighted by Crippen LogP contribution is 2.34. The smallest absolute Gasteiger partial charge is 0.266 e. The summed E-state index contributed by atoms with van der Waals surface area (Å²) in [5.41, 5.74) is 0.624. The standard InChI is InChI=1S/C21H20Cl2F2N4O4S2/c1-10(2)16-8-32-20(19(28-16)11-3-12(22)5-13(23)4-11)33-17-6-15(25)18(7-14(17)24)35(30,31)29-21-26-9-27-34-21/h3-7,9-10,16,19-20,28H,8H2,1-2H3,(H,26,27,29). The first-order valence-electron chi connectivity index (χ1n) is 10.3. The van der Waals surface area contributed by atoms with E-state index in [0.717, 1.165) is 17.9 Å². The summed E-state index contributed by atoms with van der Waals surface area (Å²) < 4.78 is 72.0. The molecule has 188 valence electrons. The number of hydrogen-bond acceptors (Lipinski definition) is 8. The minimum Gasteiger partial charge on any atom is -0.460 e. The summed E-state index contributed by atoms with van der Waals surface area (Å²) in [6.45, 7) is 4.26. The fourth-order valence-electron chi connectivity index (χ4n) is 3.47. The summed E-state index contributed by atoms with van der Waals surface area (Å²) in [5.74, 6) is -2.64. The first kappa shape index (κ1) is 26.0. The molecular formula is C21H20Cl2F2N4O4S2. The highest BCUT2D eigenvalue weighted by atomic mass is 35.5. The Morgan fingerprint density at radius 2 is 1.89 bits per heavy atom. The third-order valence-corrected chi connectivity index (χ3v) is 7.76. The predicted octanol–water partition coefficient (Wildman–Crippen LogP) is 5.01. The molecule has 1 aromatic heterocycles. The van der Waals surface area contributed by atoms with Gasteiger partial charge in [0.25, 0.3) is 10.0 Å². The largest absolute Gasteiger partial charge is 0.460 e. The zero-order valence-electron chi connectivity index (χ0n) is 18.3. The molecule has 0 amide bonds. The molecule has 4 rings (SSSR count). The minimum absolute atomic E-state index is 0.0573. The summed E-state index contributed by atoms with van der Waals surface area (Å²) >= 11 is 13.1. The molecule has 3 unspecified atom stereocenters. The first-order valence-corrected chi connectivity index (χ1v) is 13.3. The number of anilines is 1. The lowest BCUT2D eigenvalue weighted by molar-refractivity contribution is -0.143. The van der Waals surface area contributed by atoms with Crippen LogP contribution in [0.25, 0.3) is 0 Å². The van der Waals surface area contributed by atoms with E-state index in [1.54, 1.807) is 18.2 Å². The number of rotatable bonds is 7. The van der Waals surface area contributed by atoms with Gasteiger partial charge in [0.15, 0.2) is 11.6 Å². The van der Waals surface area contributed by atoms with E-state index in [2.05, 4.69) is 14.7 Å². The number of morpholine rings is 1. The van der Waals surface area contributed by atoms with Crippen LogP contribution in [0.2, 0.25) is 10.0 Å². The molecule has 1 saturated heterocycles. The number of ether oxygens (including phenoxy) is 2. The van der Waals surface area contributed by atoms with Crippen LogP contribution in [0.15, 0.2) is 41.6 Å². The Balaban J connectivity index is 1.62. The van der Waals surface area contributed by atoms with Crippen molar-refractivity contribution < 1.29 is 26.7 Å². The van der Waals surface area contributed by atoms with Gasteiger partial charge in [-0.05, 0) is 29.7 Å². The first-order chi connectivity index (χ1) is 16.5. The van der Waals surface area contributed by atoms with E-state index in [1.165, 1.54) is 0 Å². The third-order valence-electron chi connectivity index (χ3n) is 5.26. The molecule has 1 fully saturated rings. The van der Waals surface area contributed by atoms with Crippen LogP contribution in [0.4, 0.5) is 13.9 Å². The van der Waals surface area contributed by atoms with Gasteiger partial charge < -0.3 is 9.47 Å². The molecule has 0 bridgehead atoms. The second kappa shape index (κ2) is 10.5. The Morgan fingerprint density at radius 1 is 1.17 bits per heavy atom. The van der Waals surface area contributed by atoms with E-state index in [0.29, 0.717) is 27.7 Å². The fourth-order valence-corrected chi connectivity index (χ4v) is 5.74. The minimum atomic E-state index is -4.45. The number of halogens is 4. The third kappa shape index (κ3) is 6.01. The fraction of sp³-hybridized carbons (Fsp3) is 0.333. The maximum atomic E-state index is 14.9. The second-order valence-electron chi connectivity index (χ2n) is 8.08. The number of sulfonamides is 1. The lowest BCUT2D eigenvalue weighted by Gasteiger charge is -2.39. The van der Waals surface area contributed by atoms with E-state index in [9.17, 15) is 17.2 Å². The average molecular weight is 565 g/mol. The normalized spacial score (nSPS) is 20.7. The number of nitrogens with zero attached hydrogens (tertiary/aromatic N) is 2. The summed E-state index contributed by atoms with van der Waals surface area (Å²) in [6.07, 6.45) is 0.0394. The van der Waals surface area contributed by atoms with Gasteiger partial charge in [0.2, 0.25) is 11.4 Å². The van der Waals surface area contributed by atoms with Crippen LogP contribution < -0.4 is 14.8 Å². The van der Waals surface area contributed by atoms with Gasteiger partial charge in [0.1, 0.15) is 17.0 Å². The maximum Gasteiger partial charge on any atom is 0.266 e. The van der Waals surface area contributed by atoms with Crippen molar-refractivity contribution in [3.8, 4) is 5.75 Å². The molecule has 0 aliphatic carbocycles. The van der Waals surface area contributed by atoms with Gasteiger partial charge in [0.05, 0.1) is 12.6 Å². The van der Waals surface area contributed by atoms with Crippen molar-refractivity contribution in [1.82, 2.24) is 14.7 Å². The highest BCUT2D eigenvalue weighted by Gasteiger charge is 2.36. The summed E-state index contributed by atoms with van der Waals surface area (Å²) in [4.78, 5) is 2.77. The highest BCUT2D eigenvalue weighted by molar-refractivity contribution is 7.93. The van der Waals surface area contributed by atoms with Crippen molar-refractivity contribution in [1.29, 1.82) is 0 Å². The average Bonchev–Trinajstić information content (AvgIpc) is 3.27. The number of nitrogens with one attached hydrogen (secondary N) is 2. The van der Waals surface area contributed by atoms with Crippen molar-refractivity contribution in [2.24, 2.45) is 5.92 Å². The van der Waals surface area contributed by atoms with Crippen molar-refractivity contribution in [2.75, 3.05) is 11.3 Å². The van der Waals surface area contributed by atoms with Crippen molar-refractivity contribution >= 4 is 49.9 Å². The molecule has 0 radical (unpaired) electrons. The Kier molecular flexibility index (Phi) is 7.79. The number of benzene rings is 2. The van der Waals surface area contributed by atoms with Crippen LogP contribution in [0.3, 0.4) is 0 Å². The van der Waals surface area contributed by atoms with Gasteiger partial charge >= 0.3 is 0 Å². The molecule has 35 heavy (non-hydrogen) atoms. The lowest BCUT2D eigenvalue weighted by atomic mass is 9.98. The van der Waals surface area contributed by atoms with E-state index >= 15 is 0 Å². The lowest BCUT2D eigenvalue weighted by Crippen LogP contribution is -2.52. The molecule has 2 N–H and O–H groups in total. The summed E-state index contributed by atoms with van der Waals surface area (Å²) in [7, 11) is -4.45. The predicted molar refractivity (Wildman–Crippen MR) is 128 cm³/mol. The Bertz CT molecular complexity index is 1290.